The molecule has 2 amide bonds. The molecule has 1 aromatic carbocycles. The molecule has 0 spiro atoms. The summed E-state index contributed by atoms with van der Waals surface area (Å²) in [6.07, 6.45) is 1.56. The Bertz CT molecular complexity index is 1300. The number of carbonyl (C=O) groups is 2. The van der Waals surface area contributed by atoms with Gasteiger partial charge in [0.05, 0.1) is 0 Å². The van der Waals surface area contributed by atoms with E-state index >= 15 is 0 Å². The maximum atomic E-state index is 12.8. The van der Waals surface area contributed by atoms with Crippen molar-refractivity contribution in [3.63, 3.8) is 0 Å². The first kappa shape index (κ1) is 20.4. The molecule has 0 radical (unpaired) electrons. The van der Waals surface area contributed by atoms with Gasteiger partial charge in [-0.2, -0.15) is 5.26 Å². The molecule has 156 valence electrons. The molecule has 31 heavy (non-hydrogen) atoms. The average Bonchev–Trinajstić information content (AvgIpc) is 3.23. The maximum absolute atomic E-state index is 12.8. The Labute approximate surface area is 180 Å². The molecule has 0 N–H and O–H groups in total. The number of hydrogen-bond acceptors (Lipinski definition) is 5. The van der Waals surface area contributed by atoms with Gasteiger partial charge in [-0.25, -0.2) is 0 Å². The van der Waals surface area contributed by atoms with E-state index in [2.05, 4.69) is 19.1 Å². The van der Waals surface area contributed by atoms with E-state index in [4.69, 9.17) is 8.83 Å². The molecule has 0 fully saturated rings. The minimum Gasteiger partial charge on any atom is -0.453 e. The smallest absolute Gasteiger partial charge is 0.271 e. The lowest BCUT2D eigenvalue weighted by Gasteiger charge is -2.25. The first-order valence-electron chi connectivity index (χ1n) is 10.1. The summed E-state index contributed by atoms with van der Waals surface area (Å²) >= 11 is 0. The Morgan fingerprint density at radius 3 is 2.19 bits per heavy atom. The van der Waals surface area contributed by atoms with Gasteiger partial charge in [0.2, 0.25) is 0 Å². The summed E-state index contributed by atoms with van der Waals surface area (Å²) in [7, 11) is 0. The number of fused-ring (bicyclic) bond motifs is 1. The third kappa shape index (κ3) is 3.28. The minimum atomic E-state index is -0.564. The zero-order valence-electron chi connectivity index (χ0n) is 18.1. The molecule has 4 rings (SSSR count). The molecular weight excluding hydrogens is 392 g/mol. The van der Waals surface area contributed by atoms with Crippen LogP contribution in [0.1, 0.15) is 36.3 Å². The highest BCUT2D eigenvalue weighted by molar-refractivity contribution is 6.19. The van der Waals surface area contributed by atoms with Crippen molar-refractivity contribution in [2.75, 3.05) is 6.54 Å². The summed E-state index contributed by atoms with van der Waals surface area (Å²) in [6.45, 7) is 9.64. The number of furan rings is 2. The molecule has 0 saturated carbocycles. The van der Waals surface area contributed by atoms with Crippen LogP contribution < -0.4 is 0 Å². The fraction of sp³-hybridized carbons (Fsp3) is 0.240. The summed E-state index contributed by atoms with van der Waals surface area (Å²) < 4.78 is 12.0. The first-order valence-corrected chi connectivity index (χ1v) is 10.1. The van der Waals surface area contributed by atoms with E-state index in [-0.39, 0.29) is 17.7 Å². The predicted octanol–water partition coefficient (Wildman–Crippen LogP) is 5.23. The van der Waals surface area contributed by atoms with E-state index in [1.54, 1.807) is 26.0 Å². The number of likely N-dealkylation sites (N-methyl/N-ethyl adjacent to an activating group) is 1. The lowest BCUT2D eigenvalue weighted by Crippen LogP contribution is -2.42. The third-order valence-electron chi connectivity index (χ3n) is 5.58. The quantitative estimate of drug-likeness (QED) is 0.433. The van der Waals surface area contributed by atoms with Crippen LogP contribution in [0.3, 0.4) is 0 Å². The van der Waals surface area contributed by atoms with Crippen molar-refractivity contribution in [3.8, 4) is 17.4 Å². The van der Waals surface area contributed by atoms with Gasteiger partial charge in [0.15, 0.2) is 11.2 Å². The van der Waals surface area contributed by atoms with E-state index in [1.807, 2.05) is 26.0 Å². The fourth-order valence-electron chi connectivity index (χ4n) is 4.18. The molecule has 3 aromatic rings. The number of amides is 2. The number of carbonyl (C=O) groups excluding carboxylic acids is 2. The van der Waals surface area contributed by atoms with E-state index < -0.39 is 11.8 Å². The second-order valence-electron chi connectivity index (χ2n) is 7.79. The Hall–Kier alpha value is -3.85. The Morgan fingerprint density at radius 1 is 0.968 bits per heavy atom. The molecule has 1 aliphatic rings. The van der Waals surface area contributed by atoms with Gasteiger partial charge in [0.1, 0.15) is 23.2 Å². The van der Waals surface area contributed by atoms with Gasteiger partial charge in [-0.05, 0) is 57.4 Å². The number of nitriles is 1. The second-order valence-corrected chi connectivity index (χ2v) is 7.79. The average molecular weight is 414 g/mol. The zero-order valence-corrected chi connectivity index (χ0v) is 18.1. The summed E-state index contributed by atoms with van der Waals surface area (Å²) in [5.41, 5.74) is 6.19. The largest absolute Gasteiger partial charge is 0.453 e. The zero-order chi connectivity index (χ0) is 22.4. The molecule has 0 unspecified atom stereocenters. The van der Waals surface area contributed by atoms with E-state index in [0.29, 0.717) is 22.5 Å². The maximum Gasteiger partial charge on any atom is 0.271 e. The lowest BCUT2D eigenvalue weighted by atomic mass is 9.95. The van der Waals surface area contributed by atoms with Crippen molar-refractivity contribution in [1.29, 1.82) is 5.26 Å². The topological polar surface area (TPSA) is 87.4 Å². The monoisotopic (exact) mass is 414 g/mol. The summed E-state index contributed by atoms with van der Waals surface area (Å²) in [5, 5.41) is 9.36. The highest BCUT2D eigenvalue weighted by Gasteiger charge is 2.34. The Kier molecular flexibility index (Phi) is 4.90. The molecule has 1 aliphatic heterocycles. The van der Waals surface area contributed by atoms with Crippen molar-refractivity contribution in [3.05, 3.63) is 63.4 Å². The van der Waals surface area contributed by atoms with Gasteiger partial charge in [0.25, 0.3) is 11.8 Å². The lowest BCUT2D eigenvalue weighted by molar-refractivity contribution is -0.140. The molecule has 0 bridgehead atoms. The second kappa shape index (κ2) is 7.44. The van der Waals surface area contributed by atoms with Crippen molar-refractivity contribution in [2.45, 2.75) is 34.6 Å². The van der Waals surface area contributed by atoms with Crippen LogP contribution in [-0.4, -0.2) is 23.3 Å². The van der Waals surface area contributed by atoms with Gasteiger partial charge in [-0.3, -0.25) is 14.5 Å². The standard InChI is InChI=1S/C25H22N2O4/c1-6-27-24(28)18(16(5)19(12-26)25(27)29)9-17-10-20-21(30-17)11-22(31-20)23-14(3)7-13(2)8-15(23)4/h7-11H,6H2,1-5H3/b18-9-. The van der Waals surface area contributed by atoms with Crippen LogP contribution in [0.5, 0.6) is 0 Å². The molecule has 6 nitrogen and oxygen atoms in total. The van der Waals surface area contributed by atoms with E-state index in [0.717, 1.165) is 27.4 Å². The van der Waals surface area contributed by atoms with Crippen molar-refractivity contribution in [2.24, 2.45) is 0 Å². The number of nitrogens with zero attached hydrogens (tertiary/aromatic N) is 2. The van der Waals surface area contributed by atoms with Crippen LogP contribution in [0.2, 0.25) is 0 Å². The summed E-state index contributed by atoms with van der Waals surface area (Å²) in [4.78, 5) is 26.1. The molecule has 3 heterocycles. The normalized spacial score (nSPS) is 16.0. The number of imide groups is 1. The predicted molar refractivity (Wildman–Crippen MR) is 117 cm³/mol. The van der Waals surface area contributed by atoms with E-state index in [1.165, 1.54) is 5.56 Å². The summed E-state index contributed by atoms with van der Waals surface area (Å²) in [6, 6.07) is 9.69. The SMILES string of the molecule is CCN1C(=O)C(C#N)=C(C)/C(=C/c2cc3oc(-c4c(C)cc(C)cc4C)cc3o2)C1=O. The minimum absolute atomic E-state index is 0.0319. The number of rotatable bonds is 3. The highest BCUT2D eigenvalue weighted by atomic mass is 16.4. The fourth-order valence-corrected chi connectivity index (χ4v) is 4.18. The number of benzene rings is 1. The van der Waals surface area contributed by atoms with Crippen LogP contribution in [0, 0.1) is 32.1 Å². The Balaban J connectivity index is 1.77. The van der Waals surface area contributed by atoms with Crippen LogP contribution in [0.4, 0.5) is 0 Å². The third-order valence-corrected chi connectivity index (χ3v) is 5.58. The summed E-state index contributed by atoms with van der Waals surface area (Å²) in [5.74, 6) is 0.139. The van der Waals surface area contributed by atoms with Crippen LogP contribution in [0.25, 0.3) is 28.6 Å². The van der Waals surface area contributed by atoms with Gasteiger partial charge < -0.3 is 8.83 Å². The van der Waals surface area contributed by atoms with Gasteiger partial charge >= 0.3 is 0 Å². The van der Waals surface area contributed by atoms with Crippen LogP contribution >= 0.6 is 0 Å². The van der Waals surface area contributed by atoms with Crippen molar-refractivity contribution in [1.82, 2.24) is 4.90 Å². The van der Waals surface area contributed by atoms with Gasteiger partial charge in [-0.15, -0.1) is 0 Å². The van der Waals surface area contributed by atoms with Gasteiger partial charge in [0, 0.05) is 29.8 Å². The molecule has 0 saturated heterocycles. The number of aryl methyl sites for hydroxylation is 3. The van der Waals surface area contributed by atoms with Crippen LogP contribution in [0.15, 0.2) is 49.8 Å². The van der Waals surface area contributed by atoms with Crippen molar-refractivity contribution >= 4 is 29.1 Å². The molecule has 6 heteroatoms. The van der Waals surface area contributed by atoms with E-state index in [9.17, 15) is 14.9 Å². The van der Waals surface area contributed by atoms with Crippen molar-refractivity contribution < 1.29 is 18.4 Å². The first-order chi connectivity index (χ1) is 14.7. The van der Waals surface area contributed by atoms with Gasteiger partial charge in [-0.1, -0.05) is 17.7 Å². The molecule has 0 atom stereocenters. The molecule has 0 aliphatic carbocycles. The number of hydrogen-bond donors (Lipinski definition) is 0. The molecule has 2 aromatic heterocycles. The highest BCUT2D eigenvalue weighted by Crippen LogP contribution is 2.35. The van der Waals surface area contributed by atoms with Crippen LogP contribution in [-0.2, 0) is 9.59 Å². The molecular formula is C25H22N2O4. The Morgan fingerprint density at radius 2 is 1.61 bits per heavy atom.